The molecule has 1 heterocycles. The number of benzene rings is 1. The Kier molecular flexibility index (Phi) is 2.64. The van der Waals surface area contributed by atoms with Crippen molar-refractivity contribution >= 4 is 17.4 Å². The Bertz CT molecular complexity index is 442. The van der Waals surface area contributed by atoms with Gasteiger partial charge in [0.2, 0.25) is 5.91 Å². The molecule has 0 aliphatic carbocycles. The molecule has 0 aromatic heterocycles. The maximum Gasteiger partial charge on any atom is 0.243 e. The number of hydrogen-bond acceptors (Lipinski definition) is 3. The van der Waals surface area contributed by atoms with Crippen molar-refractivity contribution in [2.75, 3.05) is 11.6 Å². The van der Waals surface area contributed by atoms with E-state index in [9.17, 15) is 9.59 Å². The number of nitrogens with one attached hydrogen (secondary N) is 1. The summed E-state index contributed by atoms with van der Waals surface area (Å²) in [6, 6.07) is 7.29. The smallest absolute Gasteiger partial charge is 0.243 e. The van der Waals surface area contributed by atoms with Gasteiger partial charge in [0.25, 0.3) is 0 Å². The summed E-state index contributed by atoms with van der Waals surface area (Å²) in [4.78, 5) is 22.8. The number of amides is 1. The van der Waals surface area contributed by atoms with Crippen molar-refractivity contribution in [3.63, 3.8) is 0 Å². The van der Waals surface area contributed by atoms with Crippen LogP contribution in [0, 0.1) is 5.92 Å². The van der Waals surface area contributed by atoms with Gasteiger partial charge in [-0.2, -0.15) is 0 Å². The number of hydrazine groups is 1. The Balaban J connectivity index is 2.34. The summed E-state index contributed by atoms with van der Waals surface area (Å²) < 4.78 is 0. The second-order valence-electron chi connectivity index (χ2n) is 4.06. The molecule has 0 bridgehead atoms. The SMILES string of the molecule is CC(=O)c1ccccc1N1CC(C)C(=O)N1. The molecule has 4 heteroatoms. The van der Waals surface area contributed by atoms with Gasteiger partial charge in [0.1, 0.15) is 0 Å². The fraction of sp³-hybridized carbons (Fsp3) is 0.333. The summed E-state index contributed by atoms with van der Waals surface area (Å²) in [5.74, 6) is -0.0391. The fourth-order valence-corrected chi connectivity index (χ4v) is 1.81. The van der Waals surface area contributed by atoms with Gasteiger partial charge in [0.05, 0.1) is 18.2 Å². The summed E-state index contributed by atoms with van der Waals surface area (Å²) in [5.41, 5.74) is 4.16. The van der Waals surface area contributed by atoms with Crippen LogP contribution in [0.15, 0.2) is 24.3 Å². The zero-order valence-electron chi connectivity index (χ0n) is 9.36. The number of Topliss-reactive ketones (excluding diaryl/α,β-unsaturated/α-hetero) is 1. The van der Waals surface area contributed by atoms with Crippen LogP contribution in [0.4, 0.5) is 5.69 Å². The van der Waals surface area contributed by atoms with E-state index >= 15 is 0 Å². The Morgan fingerprint density at radius 2 is 2.12 bits per heavy atom. The van der Waals surface area contributed by atoms with Crippen molar-refractivity contribution in [3.05, 3.63) is 29.8 Å². The van der Waals surface area contributed by atoms with E-state index < -0.39 is 0 Å². The number of anilines is 1. The summed E-state index contributed by atoms with van der Waals surface area (Å²) in [6.45, 7) is 4.00. The molecule has 16 heavy (non-hydrogen) atoms. The van der Waals surface area contributed by atoms with Gasteiger partial charge in [0.15, 0.2) is 5.78 Å². The van der Waals surface area contributed by atoms with Crippen LogP contribution in [-0.2, 0) is 4.79 Å². The van der Waals surface area contributed by atoms with E-state index in [2.05, 4.69) is 5.43 Å². The molecule has 1 atom stereocenters. The van der Waals surface area contributed by atoms with Crippen molar-refractivity contribution < 1.29 is 9.59 Å². The highest BCUT2D eigenvalue weighted by atomic mass is 16.2. The largest absolute Gasteiger partial charge is 0.294 e. The number of hydrogen-bond donors (Lipinski definition) is 1. The topological polar surface area (TPSA) is 49.4 Å². The van der Waals surface area contributed by atoms with E-state index in [0.717, 1.165) is 5.69 Å². The Morgan fingerprint density at radius 3 is 2.69 bits per heavy atom. The lowest BCUT2D eigenvalue weighted by atomic mass is 10.1. The lowest BCUT2D eigenvalue weighted by molar-refractivity contribution is -0.121. The van der Waals surface area contributed by atoms with Gasteiger partial charge >= 0.3 is 0 Å². The lowest BCUT2D eigenvalue weighted by Gasteiger charge is -2.19. The summed E-state index contributed by atoms with van der Waals surface area (Å²) in [6.07, 6.45) is 0. The van der Waals surface area contributed by atoms with Crippen molar-refractivity contribution in [1.82, 2.24) is 5.43 Å². The van der Waals surface area contributed by atoms with Gasteiger partial charge in [-0.15, -0.1) is 0 Å². The summed E-state index contributed by atoms with van der Waals surface area (Å²) >= 11 is 0. The van der Waals surface area contributed by atoms with Crippen molar-refractivity contribution in [2.24, 2.45) is 5.92 Å². The monoisotopic (exact) mass is 218 g/mol. The minimum atomic E-state index is -0.0417. The van der Waals surface area contributed by atoms with Crippen LogP contribution in [0.25, 0.3) is 0 Å². The van der Waals surface area contributed by atoms with Gasteiger partial charge in [-0.25, -0.2) is 0 Å². The molecule has 1 fully saturated rings. The van der Waals surface area contributed by atoms with Crippen LogP contribution in [0.1, 0.15) is 24.2 Å². The molecule has 0 spiro atoms. The molecule has 1 amide bonds. The van der Waals surface area contributed by atoms with E-state index in [1.165, 1.54) is 6.92 Å². The van der Waals surface area contributed by atoms with Gasteiger partial charge in [-0.1, -0.05) is 19.1 Å². The third kappa shape index (κ3) is 1.78. The lowest BCUT2D eigenvalue weighted by Crippen LogP contribution is -2.34. The molecule has 1 N–H and O–H groups in total. The van der Waals surface area contributed by atoms with Gasteiger partial charge in [-0.3, -0.25) is 20.0 Å². The van der Waals surface area contributed by atoms with E-state index in [1.54, 1.807) is 11.1 Å². The molecule has 1 unspecified atom stereocenters. The van der Waals surface area contributed by atoms with Crippen molar-refractivity contribution in [2.45, 2.75) is 13.8 Å². The molecule has 2 rings (SSSR count). The number of carbonyl (C=O) groups excluding carboxylic acids is 2. The standard InChI is InChI=1S/C12H14N2O2/c1-8-7-14(13-12(8)16)11-6-4-3-5-10(11)9(2)15/h3-6,8H,7H2,1-2H3,(H,13,16). The maximum absolute atomic E-state index is 11.4. The number of ketones is 1. The predicted octanol–water partition coefficient (Wildman–Crippen LogP) is 1.38. The van der Waals surface area contributed by atoms with E-state index in [4.69, 9.17) is 0 Å². The molecular formula is C12H14N2O2. The Hall–Kier alpha value is -1.84. The zero-order valence-corrected chi connectivity index (χ0v) is 9.36. The summed E-state index contributed by atoms with van der Waals surface area (Å²) in [5, 5.41) is 1.74. The second kappa shape index (κ2) is 3.96. The minimum Gasteiger partial charge on any atom is -0.294 e. The first-order valence-electron chi connectivity index (χ1n) is 5.27. The van der Waals surface area contributed by atoms with E-state index in [0.29, 0.717) is 12.1 Å². The van der Waals surface area contributed by atoms with Crippen molar-refractivity contribution in [3.8, 4) is 0 Å². The highest BCUT2D eigenvalue weighted by molar-refractivity contribution is 6.00. The Morgan fingerprint density at radius 1 is 1.44 bits per heavy atom. The molecule has 1 aliphatic rings. The highest BCUT2D eigenvalue weighted by Crippen LogP contribution is 2.23. The third-order valence-electron chi connectivity index (χ3n) is 2.72. The highest BCUT2D eigenvalue weighted by Gasteiger charge is 2.28. The number of nitrogens with zero attached hydrogens (tertiary/aromatic N) is 1. The second-order valence-corrected chi connectivity index (χ2v) is 4.06. The molecule has 1 aromatic rings. The Labute approximate surface area is 94.2 Å². The molecule has 1 saturated heterocycles. The zero-order chi connectivity index (χ0) is 11.7. The van der Waals surface area contributed by atoms with Crippen LogP contribution in [0.3, 0.4) is 0 Å². The minimum absolute atomic E-state index is 0.00152. The van der Waals surface area contributed by atoms with E-state index in [1.807, 2.05) is 25.1 Å². The van der Waals surface area contributed by atoms with Crippen LogP contribution in [0.5, 0.6) is 0 Å². The first kappa shape index (κ1) is 10.7. The van der Waals surface area contributed by atoms with E-state index in [-0.39, 0.29) is 17.6 Å². The third-order valence-corrected chi connectivity index (χ3v) is 2.72. The molecular weight excluding hydrogens is 204 g/mol. The van der Waals surface area contributed by atoms with Gasteiger partial charge in [-0.05, 0) is 19.1 Å². The molecule has 0 radical (unpaired) electrons. The molecule has 4 nitrogen and oxygen atoms in total. The van der Waals surface area contributed by atoms with Crippen LogP contribution in [0.2, 0.25) is 0 Å². The van der Waals surface area contributed by atoms with Crippen LogP contribution in [-0.4, -0.2) is 18.2 Å². The maximum atomic E-state index is 11.4. The molecule has 0 saturated carbocycles. The quantitative estimate of drug-likeness (QED) is 0.763. The first-order valence-corrected chi connectivity index (χ1v) is 5.27. The number of carbonyl (C=O) groups is 2. The predicted molar refractivity (Wildman–Crippen MR) is 61.1 cm³/mol. The van der Waals surface area contributed by atoms with Gasteiger partial charge in [0, 0.05) is 5.56 Å². The summed E-state index contributed by atoms with van der Waals surface area (Å²) in [7, 11) is 0. The molecule has 84 valence electrons. The molecule has 1 aliphatic heterocycles. The average molecular weight is 218 g/mol. The normalized spacial score (nSPS) is 19.8. The van der Waals surface area contributed by atoms with Crippen molar-refractivity contribution in [1.29, 1.82) is 0 Å². The fourth-order valence-electron chi connectivity index (χ4n) is 1.81. The van der Waals surface area contributed by atoms with Crippen LogP contribution >= 0.6 is 0 Å². The van der Waals surface area contributed by atoms with Gasteiger partial charge < -0.3 is 0 Å². The average Bonchev–Trinajstić information content (AvgIpc) is 2.59. The van der Waals surface area contributed by atoms with Crippen LogP contribution < -0.4 is 10.4 Å². The number of para-hydroxylation sites is 1. The first-order chi connectivity index (χ1) is 7.59. The number of rotatable bonds is 2. The molecule has 1 aromatic carbocycles.